The second-order valence-corrected chi connectivity index (χ2v) is 7.90. The number of nitrogens with one attached hydrogen (secondary N) is 1. The van der Waals surface area contributed by atoms with E-state index in [0.717, 1.165) is 62.4 Å². The summed E-state index contributed by atoms with van der Waals surface area (Å²) in [7, 11) is 2.20. The lowest BCUT2D eigenvalue weighted by molar-refractivity contribution is -0.150. The van der Waals surface area contributed by atoms with Gasteiger partial charge in [-0.15, -0.1) is 0 Å². The Labute approximate surface area is 129 Å². The summed E-state index contributed by atoms with van der Waals surface area (Å²) in [5.74, 6) is 3.88. The third kappa shape index (κ3) is 2.66. The van der Waals surface area contributed by atoms with Crippen molar-refractivity contribution in [1.82, 2.24) is 5.32 Å². The van der Waals surface area contributed by atoms with Gasteiger partial charge in [-0.1, -0.05) is 12.8 Å². The zero-order chi connectivity index (χ0) is 14.3. The van der Waals surface area contributed by atoms with Crippen molar-refractivity contribution in [1.29, 1.82) is 0 Å². The maximum atomic E-state index is 6.24. The average Bonchev–Trinajstić information content (AvgIpc) is 3.24. The van der Waals surface area contributed by atoms with Crippen LogP contribution in [0.2, 0.25) is 0 Å². The molecular weight excluding hydrogens is 262 g/mol. The lowest BCUT2D eigenvalue weighted by Crippen LogP contribution is -2.49. The van der Waals surface area contributed by atoms with Crippen molar-refractivity contribution in [2.75, 3.05) is 26.9 Å². The first-order chi connectivity index (χ1) is 10.3. The minimum Gasteiger partial charge on any atom is -0.381 e. The Morgan fingerprint density at radius 3 is 2.38 bits per heavy atom. The molecule has 0 aromatic carbocycles. The Balaban J connectivity index is 1.44. The predicted molar refractivity (Wildman–Crippen MR) is 83.2 cm³/mol. The molecular formula is C18H31NO2. The lowest BCUT2D eigenvalue weighted by atomic mass is 9.76. The van der Waals surface area contributed by atoms with Crippen LogP contribution < -0.4 is 5.32 Å². The summed E-state index contributed by atoms with van der Waals surface area (Å²) < 4.78 is 11.8. The molecule has 3 heteroatoms. The molecule has 2 heterocycles. The Morgan fingerprint density at radius 2 is 1.71 bits per heavy atom. The van der Waals surface area contributed by atoms with Gasteiger partial charge in [-0.3, -0.25) is 0 Å². The Hall–Kier alpha value is -0.120. The highest BCUT2D eigenvalue weighted by Gasteiger charge is 2.56. The fourth-order valence-corrected chi connectivity index (χ4v) is 5.79. The normalized spacial score (nSPS) is 43.3. The van der Waals surface area contributed by atoms with Crippen LogP contribution in [0.1, 0.15) is 51.4 Å². The largest absolute Gasteiger partial charge is 0.381 e. The highest BCUT2D eigenvalue weighted by molar-refractivity contribution is 5.07. The van der Waals surface area contributed by atoms with E-state index in [1.54, 1.807) is 0 Å². The van der Waals surface area contributed by atoms with Gasteiger partial charge in [-0.05, 0) is 69.2 Å². The minimum atomic E-state index is 0.149. The Kier molecular flexibility index (Phi) is 4.01. The molecule has 0 bridgehead atoms. The fourth-order valence-electron chi connectivity index (χ4n) is 5.79. The van der Waals surface area contributed by atoms with Gasteiger partial charge in [0.1, 0.15) is 0 Å². The highest BCUT2D eigenvalue weighted by Crippen LogP contribution is 2.59. The first kappa shape index (κ1) is 14.5. The van der Waals surface area contributed by atoms with Gasteiger partial charge in [-0.2, -0.15) is 0 Å². The van der Waals surface area contributed by atoms with Gasteiger partial charge in [0, 0.05) is 25.9 Å². The summed E-state index contributed by atoms with van der Waals surface area (Å²) in [5, 5.41) is 3.73. The smallest absolute Gasteiger partial charge is 0.0729 e. The molecule has 4 aliphatic rings. The highest BCUT2D eigenvalue weighted by atomic mass is 16.5. The molecule has 0 aromatic heterocycles. The third-order valence-electron chi connectivity index (χ3n) is 6.91. The lowest BCUT2D eigenvalue weighted by Gasteiger charge is -2.45. The summed E-state index contributed by atoms with van der Waals surface area (Å²) in [6.07, 6.45) is 10.7. The van der Waals surface area contributed by atoms with Crippen LogP contribution in [0.15, 0.2) is 0 Å². The van der Waals surface area contributed by atoms with Crippen LogP contribution in [-0.4, -0.2) is 38.5 Å². The SMILES string of the molecule is CNC(C1CCOC2(CCOCC2)C1)C1C2CCCCC21. The summed E-state index contributed by atoms with van der Waals surface area (Å²) in [6.45, 7) is 2.75. The van der Waals surface area contributed by atoms with Crippen LogP contribution in [0.3, 0.4) is 0 Å². The van der Waals surface area contributed by atoms with Gasteiger partial charge < -0.3 is 14.8 Å². The van der Waals surface area contributed by atoms with Crippen LogP contribution in [-0.2, 0) is 9.47 Å². The van der Waals surface area contributed by atoms with Crippen molar-refractivity contribution in [2.24, 2.45) is 23.7 Å². The summed E-state index contributed by atoms with van der Waals surface area (Å²) in [4.78, 5) is 0. The molecule has 2 saturated heterocycles. The van der Waals surface area contributed by atoms with E-state index in [-0.39, 0.29) is 5.60 Å². The molecule has 2 aliphatic heterocycles. The Bertz CT molecular complexity index is 349. The van der Waals surface area contributed by atoms with E-state index < -0.39 is 0 Å². The number of hydrogen-bond donors (Lipinski definition) is 1. The van der Waals surface area contributed by atoms with E-state index in [0.29, 0.717) is 0 Å². The van der Waals surface area contributed by atoms with Crippen molar-refractivity contribution in [2.45, 2.75) is 63.0 Å². The number of hydrogen-bond acceptors (Lipinski definition) is 3. The Morgan fingerprint density at radius 1 is 1.00 bits per heavy atom. The predicted octanol–water partition coefficient (Wildman–Crippen LogP) is 2.99. The van der Waals surface area contributed by atoms with Crippen molar-refractivity contribution in [3.63, 3.8) is 0 Å². The molecule has 3 nitrogen and oxygen atoms in total. The van der Waals surface area contributed by atoms with Crippen LogP contribution in [0.4, 0.5) is 0 Å². The van der Waals surface area contributed by atoms with Crippen LogP contribution in [0.5, 0.6) is 0 Å². The zero-order valence-electron chi connectivity index (χ0n) is 13.5. The maximum absolute atomic E-state index is 6.24. The van der Waals surface area contributed by atoms with Gasteiger partial charge >= 0.3 is 0 Å². The molecule has 120 valence electrons. The summed E-state index contributed by atoms with van der Waals surface area (Å²) in [5.41, 5.74) is 0.149. The van der Waals surface area contributed by atoms with Crippen molar-refractivity contribution in [3.05, 3.63) is 0 Å². The van der Waals surface area contributed by atoms with Gasteiger partial charge in [0.15, 0.2) is 0 Å². The molecule has 4 unspecified atom stereocenters. The molecule has 0 aromatic rings. The van der Waals surface area contributed by atoms with Gasteiger partial charge in [0.2, 0.25) is 0 Å². The molecule has 1 spiro atoms. The molecule has 0 amide bonds. The van der Waals surface area contributed by atoms with Crippen LogP contribution in [0.25, 0.3) is 0 Å². The van der Waals surface area contributed by atoms with Crippen LogP contribution in [0, 0.1) is 23.7 Å². The van der Waals surface area contributed by atoms with Gasteiger partial charge in [-0.25, -0.2) is 0 Å². The zero-order valence-corrected chi connectivity index (χ0v) is 13.5. The topological polar surface area (TPSA) is 30.5 Å². The summed E-state index contributed by atoms with van der Waals surface area (Å²) >= 11 is 0. The van der Waals surface area contributed by atoms with E-state index in [1.165, 1.54) is 38.5 Å². The summed E-state index contributed by atoms with van der Waals surface area (Å²) in [6, 6.07) is 0.738. The van der Waals surface area contributed by atoms with Crippen molar-refractivity contribution < 1.29 is 9.47 Å². The monoisotopic (exact) mass is 293 g/mol. The van der Waals surface area contributed by atoms with E-state index in [1.807, 2.05) is 0 Å². The molecule has 2 aliphatic carbocycles. The van der Waals surface area contributed by atoms with Gasteiger partial charge in [0.25, 0.3) is 0 Å². The van der Waals surface area contributed by atoms with Crippen LogP contribution >= 0.6 is 0 Å². The maximum Gasteiger partial charge on any atom is 0.0729 e. The van der Waals surface area contributed by atoms with Gasteiger partial charge in [0.05, 0.1) is 5.60 Å². The second-order valence-electron chi connectivity index (χ2n) is 7.90. The fraction of sp³-hybridized carbons (Fsp3) is 1.00. The van der Waals surface area contributed by atoms with Crippen molar-refractivity contribution >= 4 is 0 Å². The molecule has 4 atom stereocenters. The quantitative estimate of drug-likeness (QED) is 0.868. The van der Waals surface area contributed by atoms with E-state index >= 15 is 0 Å². The van der Waals surface area contributed by atoms with E-state index in [9.17, 15) is 0 Å². The average molecular weight is 293 g/mol. The molecule has 1 N–H and O–H groups in total. The number of ether oxygens (including phenoxy) is 2. The molecule has 2 saturated carbocycles. The minimum absolute atomic E-state index is 0.149. The molecule has 4 rings (SSSR count). The first-order valence-corrected chi connectivity index (χ1v) is 9.22. The number of fused-ring (bicyclic) bond motifs is 1. The van der Waals surface area contributed by atoms with E-state index in [2.05, 4.69) is 12.4 Å². The second kappa shape index (κ2) is 5.82. The third-order valence-corrected chi connectivity index (χ3v) is 6.91. The number of rotatable bonds is 3. The molecule has 0 radical (unpaired) electrons. The molecule has 4 fully saturated rings. The van der Waals surface area contributed by atoms with E-state index in [4.69, 9.17) is 9.47 Å². The molecule has 21 heavy (non-hydrogen) atoms. The van der Waals surface area contributed by atoms with Crippen molar-refractivity contribution in [3.8, 4) is 0 Å². The first-order valence-electron chi connectivity index (χ1n) is 9.22. The standard InChI is InChI=1S/C18H31NO2/c1-19-17(16-14-4-2-3-5-15(14)16)13-6-9-21-18(12-13)7-10-20-11-8-18/h13-17,19H,2-12H2,1H3.